The number of nitrogens with zero attached hydrogens (tertiary/aromatic N) is 1. The largest absolute Gasteiger partial charge is 0.312 e. The quantitative estimate of drug-likeness (QED) is 0.152. The van der Waals surface area contributed by atoms with Gasteiger partial charge in [0.2, 0.25) is 6.71 Å². The summed E-state index contributed by atoms with van der Waals surface area (Å²) in [5, 5.41) is 5.64. The Morgan fingerprint density at radius 2 is 0.867 bits per heavy atom. The Morgan fingerprint density at radius 3 is 1.45 bits per heavy atom. The Morgan fingerprint density at radius 1 is 0.367 bits per heavy atom. The molecule has 0 unspecified atom stereocenters. The third-order valence-electron chi connectivity index (χ3n) is 13.1. The first-order valence-electron chi connectivity index (χ1n) is 21.1. The fourth-order valence-electron chi connectivity index (χ4n) is 10.7. The highest BCUT2D eigenvalue weighted by Gasteiger charge is 2.52. The molecule has 0 aliphatic carbocycles. The molecule has 2 aliphatic rings. The zero-order valence-electron chi connectivity index (χ0n) is 34.2. The number of rotatable bonds is 6. The monoisotopic (exact) mass is 781 g/mol. The van der Waals surface area contributed by atoms with E-state index in [0.717, 1.165) is 0 Å². The molecule has 0 atom stereocenters. The summed E-state index contributed by atoms with van der Waals surface area (Å²) in [6.45, 7) is 6.92. The van der Waals surface area contributed by atoms with Crippen LogP contribution < -0.4 is 42.0 Å². The van der Waals surface area contributed by atoms with Gasteiger partial charge in [-0.2, -0.15) is 0 Å². The van der Waals surface area contributed by atoms with Crippen LogP contribution in [0.2, 0.25) is 0 Å². The second-order valence-electron chi connectivity index (χ2n) is 16.6. The SMILES string of the molecule is Cc1cc(C)c(B2c3ccccc3N3c4cc(-c5cc(-c6ccccc6)cc(-c6ccccc6)c5)ccc4[Si](c4ccccc4)(c4ccccc4)c4cccc2c43)c(C)c1. The molecule has 0 spiro atoms. The van der Waals surface area contributed by atoms with Gasteiger partial charge in [-0.3, -0.25) is 0 Å². The average molecular weight is 782 g/mol. The van der Waals surface area contributed by atoms with Gasteiger partial charge in [-0.15, -0.1) is 0 Å². The van der Waals surface area contributed by atoms with Gasteiger partial charge >= 0.3 is 0 Å². The lowest BCUT2D eigenvalue weighted by atomic mass is 9.34. The molecule has 9 aromatic carbocycles. The molecule has 0 fully saturated rings. The minimum absolute atomic E-state index is 0.0898. The van der Waals surface area contributed by atoms with Crippen LogP contribution in [-0.4, -0.2) is 14.8 Å². The van der Waals surface area contributed by atoms with Gasteiger partial charge in [-0.1, -0.05) is 204 Å². The summed E-state index contributed by atoms with van der Waals surface area (Å²) >= 11 is 0. The smallest absolute Gasteiger partial charge is 0.247 e. The summed E-state index contributed by atoms with van der Waals surface area (Å²) in [7, 11) is -2.91. The highest BCUT2D eigenvalue weighted by Crippen LogP contribution is 2.42. The van der Waals surface area contributed by atoms with Crippen molar-refractivity contribution in [3.8, 4) is 33.4 Å². The predicted molar refractivity (Wildman–Crippen MR) is 260 cm³/mol. The van der Waals surface area contributed by atoms with Crippen molar-refractivity contribution in [1.82, 2.24) is 0 Å². The Labute approximate surface area is 355 Å². The van der Waals surface area contributed by atoms with E-state index in [1.165, 1.54) is 104 Å². The molecule has 3 heteroatoms. The zero-order valence-corrected chi connectivity index (χ0v) is 35.2. The highest BCUT2D eigenvalue weighted by atomic mass is 28.3. The maximum absolute atomic E-state index is 2.91. The molecular weight excluding hydrogens is 738 g/mol. The topological polar surface area (TPSA) is 3.24 Å². The first kappa shape index (κ1) is 36.2. The number of aryl methyl sites for hydroxylation is 3. The van der Waals surface area contributed by atoms with Crippen molar-refractivity contribution in [3.63, 3.8) is 0 Å². The average Bonchev–Trinajstić information content (AvgIpc) is 3.30. The number of benzene rings is 9. The Balaban J connectivity index is 1.25. The summed E-state index contributed by atoms with van der Waals surface area (Å²) in [6.07, 6.45) is 0. The second kappa shape index (κ2) is 14.4. The van der Waals surface area contributed by atoms with Crippen LogP contribution in [0.3, 0.4) is 0 Å². The van der Waals surface area contributed by atoms with Crippen molar-refractivity contribution >= 4 is 69.0 Å². The lowest BCUT2D eigenvalue weighted by molar-refractivity contribution is 1.29. The van der Waals surface area contributed by atoms with Gasteiger partial charge in [0.15, 0.2) is 8.07 Å². The lowest BCUT2D eigenvalue weighted by Crippen LogP contribution is -2.78. The van der Waals surface area contributed by atoms with Crippen molar-refractivity contribution in [2.45, 2.75) is 20.8 Å². The van der Waals surface area contributed by atoms with E-state index in [-0.39, 0.29) is 6.71 Å². The third-order valence-corrected chi connectivity index (χ3v) is 17.9. The molecule has 2 aliphatic heterocycles. The van der Waals surface area contributed by atoms with Gasteiger partial charge in [-0.25, -0.2) is 0 Å². The zero-order chi connectivity index (χ0) is 40.4. The molecule has 9 aromatic rings. The molecule has 284 valence electrons. The van der Waals surface area contributed by atoms with Crippen LogP contribution in [0.4, 0.5) is 17.1 Å². The van der Waals surface area contributed by atoms with Crippen LogP contribution >= 0.6 is 0 Å². The van der Waals surface area contributed by atoms with Crippen LogP contribution in [0.5, 0.6) is 0 Å². The number of hydrogen-bond acceptors (Lipinski definition) is 1. The number of fused-ring (bicyclic) bond motifs is 4. The maximum Gasteiger partial charge on any atom is 0.247 e. The molecule has 0 bridgehead atoms. The minimum Gasteiger partial charge on any atom is -0.312 e. The van der Waals surface area contributed by atoms with Crippen LogP contribution in [0.25, 0.3) is 33.4 Å². The van der Waals surface area contributed by atoms with Gasteiger partial charge in [-0.05, 0) is 116 Å². The second-order valence-corrected chi connectivity index (χ2v) is 20.4. The number of anilines is 3. The molecule has 0 N–H and O–H groups in total. The van der Waals surface area contributed by atoms with Gasteiger partial charge in [0.25, 0.3) is 0 Å². The van der Waals surface area contributed by atoms with Gasteiger partial charge in [0.05, 0.1) is 0 Å². The third kappa shape index (κ3) is 5.61. The van der Waals surface area contributed by atoms with E-state index in [0.29, 0.717) is 0 Å². The summed E-state index contributed by atoms with van der Waals surface area (Å²) in [4.78, 5) is 2.64. The van der Waals surface area contributed by atoms with E-state index in [1.807, 2.05) is 0 Å². The van der Waals surface area contributed by atoms with Crippen LogP contribution in [0.15, 0.2) is 212 Å². The number of para-hydroxylation sites is 2. The first-order valence-corrected chi connectivity index (χ1v) is 23.1. The maximum atomic E-state index is 2.64. The Kier molecular flexibility index (Phi) is 8.68. The highest BCUT2D eigenvalue weighted by molar-refractivity contribution is 7.22. The van der Waals surface area contributed by atoms with Crippen LogP contribution in [0, 0.1) is 20.8 Å². The fraction of sp³-hybridized carbons (Fsp3) is 0.0526. The van der Waals surface area contributed by atoms with Gasteiger partial charge in [0, 0.05) is 17.1 Å². The molecule has 0 saturated heterocycles. The van der Waals surface area contributed by atoms with Crippen LogP contribution in [-0.2, 0) is 0 Å². The van der Waals surface area contributed by atoms with E-state index < -0.39 is 8.07 Å². The van der Waals surface area contributed by atoms with E-state index in [1.54, 1.807) is 0 Å². The van der Waals surface area contributed by atoms with Gasteiger partial charge in [0.1, 0.15) is 0 Å². The summed E-state index contributed by atoms with van der Waals surface area (Å²) in [6, 6.07) is 80.1. The molecule has 0 radical (unpaired) electrons. The molecule has 1 nitrogen and oxygen atoms in total. The Hall–Kier alpha value is -6.94. The molecule has 0 aromatic heterocycles. The van der Waals surface area contributed by atoms with E-state index >= 15 is 0 Å². The fourth-order valence-corrected chi connectivity index (χ4v) is 15.8. The summed E-state index contributed by atoms with van der Waals surface area (Å²) < 4.78 is 0. The van der Waals surface area contributed by atoms with Crippen molar-refractivity contribution in [2.75, 3.05) is 4.90 Å². The molecule has 0 saturated carbocycles. The van der Waals surface area contributed by atoms with Crippen molar-refractivity contribution in [3.05, 3.63) is 229 Å². The van der Waals surface area contributed by atoms with E-state index in [9.17, 15) is 0 Å². The molecule has 0 amide bonds. The van der Waals surface area contributed by atoms with E-state index in [2.05, 4.69) is 238 Å². The standard InChI is InChI=1S/C57H44BNSi/c1-39-33-40(2)56(41(3)34-39)58-50-27-16-17-29-52(50)59-53-38-44(47-36-45(42-19-8-4-9-20-42)35-46(37-47)43-21-10-5-11-22-43)31-32-54(53)60(48-23-12-6-13-24-48,49-25-14-7-15-26-49)55-30-18-28-51(58)57(55)59/h4-38H,1-3H3. The van der Waals surface area contributed by atoms with Crippen LogP contribution in [0.1, 0.15) is 16.7 Å². The molecule has 11 rings (SSSR count). The van der Waals surface area contributed by atoms with Crippen molar-refractivity contribution < 1.29 is 0 Å². The number of hydrogen-bond donors (Lipinski definition) is 0. The molecule has 60 heavy (non-hydrogen) atoms. The molecular formula is C57H44BNSi. The summed E-state index contributed by atoms with van der Waals surface area (Å²) in [5.41, 5.74) is 19.3. The minimum atomic E-state index is -2.91. The first-order chi connectivity index (χ1) is 29.5. The van der Waals surface area contributed by atoms with E-state index in [4.69, 9.17) is 0 Å². The van der Waals surface area contributed by atoms with Gasteiger partial charge < -0.3 is 4.90 Å². The lowest BCUT2D eigenvalue weighted by Gasteiger charge is -2.49. The molecule has 2 heterocycles. The Bertz CT molecular complexity index is 2950. The predicted octanol–water partition coefficient (Wildman–Crippen LogP) is 9.60. The summed E-state index contributed by atoms with van der Waals surface area (Å²) in [5.74, 6) is 0. The van der Waals surface area contributed by atoms with Crippen molar-refractivity contribution in [1.29, 1.82) is 0 Å². The normalized spacial score (nSPS) is 13.3. The van der Waals surface area contributed by atoms with Crippen molar-refractivity contribution in [2.24, 2.45) is 0 Å².